The lowest BCUT2D eigenvalue weighted by atomic mass is 10.2. The summed E-state index contributed by atoms with van der Waals surface area (Å²) in [6, 6.07) is 14.5. The molecule has 0 radical (unpaired) electrons. The normalized spacial score (nSPS) is 13.0. The summed E-state index contributed by atoms with van der Waals surface area (Å²) in [6.45, 7) is 1.71. The van der Waals surface area contributed by atoms with Crippen molar-refractivity contribution in [1.29, 1.82) is 0 Å². The van der Waals surface area contributed by atoms with Crippen molar-refractivity contribution in [2.75, 3.05) is 0 Å². The summed E-state index contributed by atoms with van der Waals surface area (Å²) < 4.78 is 27.2. The molecule has 1 unspecified atom stereocenters. The summed E-state index contributed by atoms with van der Waals surface area (Å²) in [5.74, 6) is 0. The zero-order valence-electron chi connectivity index (χ0n) is 13.1. The topological polar surface area (TPSA) is 89.3 Å². The van der Waals surface area contributed by atoms with Gasteiger partial charge in [-0.1, -0.05) is 54.6 Å². The van der Waals surface area contributed by atoms with Crippen molar-refractivity contribution >= 4 is 21.8 Å². The van der Waals surface area contributed by atoms with Crippen LogP contribution in [0, 0.1) is 10.1 Å². The Bertz CT molecular complexity index is 833. The molecule has 0 aliphatic carbocycles. The highest BCUT2D eigenvalue weighted by Gasteiger charge is 2.26. The van der Waals surface area contributed by atoms with E-state index in [9.17, 15) is 18.5 Å². The van der Waals surface area contributed by atoms with Crippen LogP contribution in [0.1, 0.15) is 18.9 Å². The predicted octanol–water partition coefficient (Wildman–Crippen LogP) is 3.37. The Balaban J connectivity index is 2.06. The van der Waals surface area contributed by atoms with Crippen molar-refractivity contribution in [3.05, 3.63) is 76.4 Å². The van der Waals surface area contributed by atoms with Gasteiger partial charge in [-0.2, -0.15) is 0 Å². The Hall–Kier alpha value is -2.51. The molecule has 0 aliphatic rings. The van der Waals surface area contributed by atoms with Crippen LogP contribution in [0.5, 0.6) is 0 Å². The third-order valence-corrected chi connectivity index (χ3v) is 4.94. The number of nitro benzene ring substituents is 1. The Kier molecular flexibility index (Phi) is 5.83. The highest BCUT2D eigenvalue weighted by atomic mass is 32.2. The van der Waals surface area contributed by atoms with Gasteiger partial charge in [-0.15, -0.1) is 0 Å². The number of nitrogens with one attached hydrogen (secondary N) is 1. The van der Waals surface area contributed by atoms with E-state index in [1.807, 2.05) is 42.5 Å². The van der Waals surface area contributed by atoms with E-state index in [1.54, 1.807) is 6.92 Å². The second-order valence-electron chi connectivity index (χ2n) is 5.30. The molecule has 0 aromatic heterocycles. The molecule has 1 atom stereocenters. The third-order valence-electron chi connectivity index (χ3n) is 3.31. The van der Waals surface area contributed by atoms with Gasteiger partial charge in [0.05, 0.1) is 4.92 Å². The molecule has 0 heterocycles. The monoisotopic (exact) mass is 346 g/mol. The third kappa shape index (κ3) is 4.74. The maximum absolute atomic E-state index is 12.4. The number of hydrogen-bond acceptors (Lipinski definition) is 4. The van der Waals surface area contributed by atoms with Gasteiger partial charge in [0.15, 0.2) is 4.90 Å². The average Bonchev–Trinajstić information content (AvgIpc) is 2.55. The molecule has 0 bridgehead atoms. The first-order chi connectivity index (χ1) is 11.4. The highest BCUT2D eigenvalue weighted by Crippen LogP contribution is 2.23. The van der Waals surface area contributed by atoms with Crippen LogP contribution < -0.4 is 4.72 Å². The molecular weight excluding hydrogens is 328 g/mol. The molecule has 0 saturated carbocycles. The summed E-state index contributed by atoms with van der Waals surface area (Å²) in [4.78, 5) is 9.96. The minimum absolute atomic E-state index is 0.325. The lowest BCUT2D eigenvalue weighted by Gasteiger charge is -2.12. The molecule has 6 nitrogen and oxygen atoms in total. The maximum atomic E-state index is 12.4. The van der Waals surface area contributed by atoms with Crippen molar-refractivity contribution < 1.29 is 13.3 Å². The van der Waals surface area contributed by atoms with Crippen molar-refractivity contribution in [2.24, 2.45) is 0 Å². The minimum Gasteiger partial charge on any atom is -0.258 e. The highest BCUT2D eigenvalue weighted by molar-refractivity contribution is 7.89. The van der Waals surface area contributed by atoms with Gasteiger partial charge in [0, 0.05) is 12.1 Å². The number of para-hydroxylation sites is 1. The maximum Gasteiger partial charge on any atom is 0.289 e. The number of benzene rings is 2. The fraction of sp³-hybridized carbons (Fsp3) is 0.176. The van der Waals surface area contributed by atoms with Gasteiger partial charge in [-0.25, -0.2) is 13.1 Å². The van der Waals surface area contributed by atoms with E-state index in [4.69, 9.17) is 0 Å². The van der Waals surface area contributed by atoms with Gasteiger partial charge < -0.3 is 0 Å². The average molecular weight is 346 g/mol. The van der Waals surface area contributed by atoms with Gasteiger partial charge in [0.1, 0.15) is 0 Å². The lowest BCUT2D eigenvalue weighted by molar-refractivity contribution is -0.387. The summed E-state index contributed by atoms with van der Waals surface area (Å²) in [7, 11) is -3.96. The van der Waals surface area contributed by atoms with E-state index in [2.05, 4.69) is 4.72 Å². The van der Waals surface area contributed by atoms with Gasteiger partial charge in [-0.3, -0.25) is 10.1 Å². The summed E-state index contributed by atoms with van der Waals surface area (Å²) >= 11 is 0. The molecular formula is C17H18N2O4S. The van der Waals surface area contributed by atoms with Crippen molar-refractivity contribution in [2.45, 2.75) is 24.3 Å². The second kappa shape index (κ2) is 7.85. The molecule has 2 aromatic carbocycles. The standard InChI is InChI=1S/C17H18N2O4S/c1-14(8-7-11-15-9-3-2-4-10-15)18-24(22,23)17-13-6-5-12-16(17)19(20)21/h2-7,9-14,18H,8H2,1H3/b11-7+. The summed E-state index contributed by atoms with van der Waals surface area (Å²) in [6.07, 6.45) is 4.23. The number of rotatable bonds is 7. The van der Waals surface area contributed by atoms with Gasteiger partial charge >= 0.3 is 0 Å². The quantitative estimate of drug-likeness (QED) is 0.615. The molecule has 0 fully saturated rings. The van der Waals surface area contributed by atoms with Crippen LogP contribution in [0.25, 0.3) is 6.08 Å². The van der Waals surface area contributed by atoms with Crippen molar-refractivity contribution in [3.8, 4) is 0 Å². The molecule has 0 spiro atoms. The number of nitro groups is 1. The van der Waals surface area contributed by atoms with Crippen LogP contribution in [0.3, 0.4) is 0 Å². The zero-order chi connectivity index (χ0) is 17.6. The molecule has 0 amide bonds. The summed E-state index contributed by atoms with van der Waals surface area (Å²) in [5, 5.41) is 11.0. The Morgan fingerprint density at radius 2 is 1.75 bits per heavy atom. The number of nitrogens with zero attached hydrogens (tertiary/aromatic N) is 1. The fourth-order valence-corrected chi connectivity index (χ4v) is 3.61. The van der Waals surface area contributed by atoms with E-state index in [1.165, 1.54) is 24.3 Å². The van der Waals surface area contributed by atoms with E-state index in [-0.39, 0.29) is 4.90 Å². The lowest BCUT2D eigenvalue weighted by Crippen LogP contribution is -2.32. The smallest absolute Gasteiger partial charge is 0.258 e. The molecule has 2 aromatic rings. The second-order valence-corrected chi connectivity index (χ2v) is 6.98. The predicted molar refractivity (Wildman–Crippen MR) is 93.0 cm³/mol. The first-order valence-corrected chi connectivity index (χ1v) is 8.86. The molecule has 0 aliphatic heterocycles. The van der Waals surface area contributed by atoms with Gasteiger partial charge in [-0.05, 0) is 25.0 Å². The van der Waals surface area contributed by atoms with Crippen LogP contribution in [0.15, 0.2) is 65.6 Å². The molecule has 1 N–H and O–H groups in total. The Labute approximate surface area is 141 Å². The van der Waals surface area contributed by atoms with E-state index < -0.39 is 26.7 Å². The van der Waals surface area contributed by atoms with Crippen LogP contribution in [0.4, 0.5) is 5.69 Å². The van der Waals surface area contributed by atoms with E-state index in [0.29, 0.717) is 6.42 Å². The number of sulfonamides is 1. The minimum atomic E-state index is -3.96. The van der Waals surface area contributed by atoms with Crippen LogP contribution in [-0.4, -0.2) is 19.4 Å². The first-order valence-electron chi connectivity index (χ1n) is 7.37. The fourth-order valence-electron chi connectivity index (χ4n) is 2.18. The van der Waals surface area contributed by atoms with Crippen LogP contribution >= 0.6 is 0 Å². The van der Waals surface area contributed by atoms with E-state index >= 15 is 0 Å². The van der Waals surface area contributed by atoms with Gasteiger partial charge in [0.25, 0.3) is 5.69 Å². The first kappa shape index (κ1) is 17.8. The van der Waals surface area contributed by atoms with Gasteiger partial charge in [0.2, 0.25) is 10.0 Å². The Morgan fingerprint density at radius 3 is 2.42 bits per heavy atom. The van der Waals surface area contributed by atoms with Crippen LogP contribution in [0.2, 0.25) is 0 Å². The van der Waals surface area contributed by atoms with Crippen LogP contribution in [-0.2, 0) is 10.0 Å². The Morgan fingerprint density at radius 1 is 1.12 bits per heavy atom. The molecule has 126 valence electrons. The number of hydrogen-bond donors (Lipinski definition) is 1. The zero-order valence-corrected chi connectivity index (χ0v) is 13.9. The summed E-state index contributed by atoms with van der Waals surface area (Å²) in [5.41, 5.74) is 0.586. The SMILES string of the molecule is CC(C/C=C/c1ccccc1)NS(=O)(=O)c1ccccc1[N+](=O)[O-]. The molecule has 2 rings (SSSR count). The van der Waals surface area contributed by atoms with Crippen molar-refractivity contribution in [3.63, 3.8) is 0 Å². The van der Waals surface area contributed by atoms with Crippen molar-refractivity contribution in [1.82, 2.24) is 4.72 Å². The largest absolute Gasteiger partial charge is 0.289 e. The molecule has 0 saturated heterocycles. The molecule has 7 heteroatoms. The van der Waals surface area contributed by atoms with E-state index in [0.717, 1.165) is 5.56 Å². The molecule has 24 heavy (non-hydrogen) atoms.